The third-order valence-corrected chi connectivity index (χ3v) is 3.65. The predicted molar refractivity (Wildman–Crippen MR) is 48.6 cm³/mol. The summed E-state index contributed by atoms with van der Waals surface area (Å²) in [5.74, 6) is -0.215. The number of hydrogen-bond acceptors (Lipinski definition) is 3. The molecule has 0 fully saturated rings. The van der Waals surface area contributed by atoms with Gasteiger partial charge in [0.05, 0.1) is 11.2 Å². The molecule has 1 heterocycles. The highest BCUT2D eigenvalue weighted by Gasteiger charge is 2.32. The van der Waals surface area contributed by atoms with E-state index >= 15 is 0 Å². The summed E-state index contributed by atoms with van der Waals surface area (Å²) in [6, 6.07) is 0. The Morgan fingerprint density at radius 3 is 2.82 bits per heavy atom. The molecular weight excluding hydrogens is 228 g/mol. The van der Waals surface area contributed by atoms with Crippen LogP contribution in [0.25, 0.3) is 0 Å². The van der Waals surface area contributed by atoms with Crippen molar-refractivity contribution < 1.29 is 9.59 Å². The van der Waals surface area contributed by atoms with Gasteiger partial charge >= 0.3 is 0 Å². The van der Waals surface area contributed by atoms with Crippen LogP contribution in [0.4, 0.5) is 0 Å². The van der Waals surface area contributed by atoms with E-state index in [1.54, 1.807) is 0 Å². The lowest BCUT2D eigenvalue weighted by Gasteiger charge is -2.09. The summed E-state index contributed by atoms with van der Waals surface area (Å²) in [4.78, 5) is 21.4. The second-order valence-corrected chi connectivity index (χ2v) is 4.30. The molecule has 0 spiro atoms. The van der Waals surface area contributed by atoms with Gasteiger partial charge in [-0.3, -0.25) is 4.79 Å². The Hall–Kier alpha value is -0.0900. The summed E-state index contributed by atoms with van der Waals surface area (Å²) in [6.07, 6.45) is 0.821. The summed E-state index contributed by atoms with van der Waals surface area (Å²) in [5, 5.41) is 1.59. The van der Waals surface area contributed by atoms with Crippen LogP contribution in [0.15, 0.2) is 9.89 Å². The smallest absolute Gasteiger partial charge is 0.139 e. The van der Waals surface area contributed by atoms with Gasteiger partial charge in [0.25, 0.3) is 0 Å². The maximum Gasteiger partial charge on any atom is 0.139 e. The molecule has 0 radical (unpaired) electrons. The Labute approximate surface area is 77.5 Å². The zero-order valence-electron chi connectivity index (χ0n) is 5.91. The van der Waals surface area contributed by atoms with Crippen molar-refractivity contribution >= 4 is 39.8 Å². The van der Waals surface area contributed by atoms with Crippen molar-refractivity contribution in [1.29, 1.82) is 0 Å². The number of hydrogen-bond donors (Lipinski definition) is 0. The van der Waals surface area contributed by atoms with Crippen molar-refractivity contribution in [2.24, 2.45) is 5.92 Å². The maximum absolute atomic E-state index is 11.0. The third-order valence-electron chi connectivity index (χ3n) is 1.54. The van der Waals surface area contributed by atoms with Gasteiger partial charge in [0.2, 0.25) is 0 Å². The topological polar surface area (TPSA) is 34.1 Å². The monoisotopic (exact) mass is 234 g/mol. The molecule has 4 heteroatoms. The molecule has 0 amide bonds. The van der Waals surface area contributed by atoms with Gasteiger partial charge in [-0.2, -0.15) is 0 Å². The number of carbonyl (C=O) groups is 2. The van der Waals surface area contributed by atoms with Crippen molar-refractivity contribution in [3.63, 3.8) is 0 Å². The van der Waals surface area contributed by atoms with Crippen molar-refractivity contribution in [3.8, 4) is 0 Å². The van der Waals surface area contributed by atoms with Gasteiger partial charge in [0, 0.05) is 4.48 Å². The van der Waals surface area contributed by atoms with E-state index in [0.717, 1.165) is 10.8 Å². The molecule has 0 aromatic rings. The largest absolute Gasteiger partial charge is 0.302 e. The Morgan fingerprint density at radius 2 is 2.45 bits per heavy atom. The van der Waals surface area contributed by atoms with Crippen LogP contribution < -0.4 is 0 Å². The Kier molecular flexibility index (Phi) is 2.90. The van der Waals surface area contributed by atoms with E-state index in [1.165, 1.54) is 18.7 Å². The van der Waals surface area contributed by atoms with Crippen LogP contribution >= 0.6 is 27.7 Å². The molecule has 0 N–H and O–H groups in total. The lowest BCUT2D eigenvalue weighted by atomic mass is 10.0. The van der Waals surface area contributed by atoms with Crippen molar-refractivity contribution in [1.82, 2.24) is 0 Å². The van der Waals surface area contributed by atoms with E-state index < -0.39 is 0 Å². The van der Waals surface area contributed by atoms with E-state index in [9.17, 15) is 9.59 Å². The highest BCUT2D eigenvalue weighted by Crippen LogP contribution is 2.38. The summed E-state index contributed by atoms with van der Waals surface area (Å²) in [5.41, 5.74) is 0. The van der Waals surface area contributed by atoms with Gasteiger partial charge in [-0.05, 0) is 12.3 Å². The molecule has 1 aliphatic heterocycles. The average molecular weight is 235 g/mol. The van der Waals surface area contributed by atoms with Crippen LogP contribution in [0, 0.1) is 5.92 Å². The zero-order valence-corrected chi connectivity index (χ0v) is 8.31. The molecule has 0 saturated heterocycles. The van der Waals surface area contributed by atoms with Crippen LogP contribution in [-0.2, 0) is 9.59 Å². The van der Waals surface area contributed by atoms with E-state index in [-0.39, 0.29) is 17.0 Å². The Balaban J connectivity index is 2.79. The number of Topliss-reactive ketones (excluding diaryl/α,β-unsaturated/α-hetero) is 1. The molecule has 0 aliphatic carbocycles. The fraction of sp³-hybridized carbons (Fsp3) is 0.429. The third kappa shape index (κ3) is 1.73. The zero-order chi connectivity index (χ0) is 8.43. The van der Waals surface area contributed by atoms with Crippen LogP contribution in [0.3, 0.4) is 0 Å². The molecule has 0 aromatic heterocycles. The molecule has 11 heavy (non-hydrogen) atoms. The molecule has 2 nitrogen and oxygen atoms in total. The van der Waals surface area contributed by atoms with Gasteiger partial charge in [-0.15, -0.1) is 11.8 Å². The van der Waals surface area contributed by atoms with Crippen molar-refractivity contribution in [2.45, 2.75) is 12.2 Å². The minimum absolute atomic E-state index is 0.0372. The van der Waals surface area contributed by atoms with Crippen molar-refractivity contribution in [2.75, 3.05) is 0 Å². The number of carbonyl (C=O) groups excluding carboxylic acids is 2. The number of rotatable bonds is 2. The van der Waals surface area contributed by atoms with E-state index in [2.05, 4.69) is 15.9 Å². The first-order valence-corrected chi connectivity index (χ1v) is 4.87. The fourth-order valence-corrected chi connectivity index (χ4v) is 3.09. The van der Waals surface area contributed by atoms with Crippen LogP contribution in [-0.4, -0.2) is 17.3 Å². The van der Waals surface area contributed by atoms with E-state index in [0.29, 0.717) is 0 Å². The lowest BCUT2D eigenvalue weighted by Crippen LogP contribution is -2.21. The summed E-state index contributed by atoms with van der Waals surface area (Å²) >= 11 is 4.64. The van der Waals surface area contributed by atoms with Crippen LogP contribution in [0.5, 0.6) is 0 Å². The SMILES string of the molecule is CC(=O)C1C(Br)=CSC1C=O. The molecule has 1 aliphatic rings. The number of aldehydes is 1. The second-order valence-electron chi connectivity index (χ2n) is 2.33. The molecule has 2 unspecified atom stereocenters. The fourth-order valence-electron chi connectivity index (χ4n) is 0.989. The molecule has 60 valence electrons. The number of ketones is 1. The van der Waals surface area contributed by atoms with Gasteiger partial charge in [0.15, 0.2) is 0 Å². The minimum Gasteiger partial charge on any atom is -0.302 e. The number of thioether (sulfide) groups is 1. The van der Waals surface area contributed by atoms with E-state index in [4.69, 9.17) is 0 Å². The normalized spacial score (nSPS) is 29.8. The number of halogens is 1. The first-order valence-electron chi connectivity index (χ1n) is 3.13. The first kappa shape index (κ1) is 9.00. The van der Waals surface area contributed by atoms with Gasteiger partial charge in [-0.25, -0.2) is 0 Å². The van der Waals surface area contributed by atoms with Gasteiger partial charge < -0.3 is 4.79 Å². The summed E-state index contributed by atoms with van der Waals surface area (Å²) < 4.78 is 0.826. The summed E-state index contributed by atoms with van der Waals surface area (Å²) in [6.45, 7) is 1.50. The maximum atomic E-state index is 11.0. The minimum atomic E-state index is -0.252. The summed E-state index contributed by atoms with van der Waals surface area (Å²) in [7, 11) is 0. The van der Waals surface area contributed by atoms with Crippen LogP contribution in [0.1, 0.15) is 6.92 Å². The predicted octanol–water partition coefficient (Wildman–Crippen LogP) is 1.74. The first-order chi connectivity index (χ1) is 5.16. The highest BCUT2D eigenvalue weighted by molar-refractivity contribution is 9.11. The standard InChI is InChI=1S/C7H7BrO2S/c1-4(10)7-5(8)3-11-6(7)2-9/h2-3,6-7H,1H3. The van der Waals surface area contributed by atoms with E-state index in [1.807, 2.05) is 5.41 Å². The quantitative estimate of drug-likeness (QED) is 0.683. The number of allylic oxidation sites excluding steroid dienone is 1. The Bertz CT molecular complexity index is 224. The Morgan fingerprint density at radius 1 is 1.82 bits per heavy atom. The molecule has 1 rings (SSSR count). The highest BCUT2D eigenvalue weighted by atomic mass is 79.9. The average Bonchev–Trinajstić information content (AvgIpc) is 2.30. The van der Waals surface area contributed by atoms with Crippen molar-refractivity contribution in [3.05, 3.63) is 9.89 Å². The van der Waals surface area contributed by atoms with Crippen LogP contribution in [0.2, 0.25) is 0 Å². The molecule has 0 saturated carbocycles. The molecule has 2 atom stereocenters. The molecule has 0 bridgehead atoms. The van der Waals surface area contributed by atoms with Gasteiger partial charge in [0.1, 0.15) is 12.1 Å². The van der Waals surface area contributed by atoms with Gasteiger partial charge in [-0.1, -0.05) is 15.9 Å². The molecule has 0 aromatic carbocycles. The lowest BCUT2D eigenvalue weighted by molar-refractivity contribution is -0.121. The molecular formula is C7H7BrO2S. The second kappa shape index (κ2) is 3.54.